The first kappa shape index (κ1) is 36.6. The maximum Gasteiger partial charge on any atom is 0.327 e. The van der Waals surface area contributed by atoms with Gasteiger partial charge in [-0.2, -0.15) is 0 Å². The summed E-state index contributed by atoms with van der Waals surface area (Å²) in [7, 11) is 0. The first-order valence-electron chi connectivity index (χ1n) is 15.0. The van der Waals surface area contributed by atoms with Crippen molar-refractivity contribution in [1.29, 1.82) is 0 Å². The quantitative estimate of drug-likeness (QED) is 0.100. The highest BCUT2D eigenvalue weighted by Gasteiger charge is 1.96. The van der Waals surface area contributed by atoms with Gasteiger partial charge in [0, 0.05) is 12.2 Å². The van der Waals surface area contributed by atoms with Crippen LogP contribution in [0.3, 0.4) is 0 Å². The van der Waals surface area contributed by atoms with Crippen molar-refractivity contribution in [3.63, 3.8) is 0 Å². The Hall–Kier alpha value is -1.58. The second kappa shape index (κ2) is 29.6. The number of rotatable bonds is 24. The molecule has 0 aromatic carbocycles. The van der Waals surface area contributed by atoms with E-state index in [9.17, 15) is 9.59 Å². The molecule has 0 aliphatic carbocycles. The Kier molecular flexibility index (Phi) is 30.1. The van der Waals surface area contributed by atoms with Gasteiger partial charge in [0.1, 0.15) is 0 Å². The highest BCUT2D eigenvalue weighted by molar-refractivity contribution is 5.79. The smallest absolute Gasteiger partial charge is 0.327 e. The normalized spacial score (nSPS) is 11.5. The predicted octanol–water partition coefficient (Wildman–Crippen LogP) is 10.4. The lowest BCUT2D eigenvalue weighted by molar-refractivity contribution is -0.132. The van der Waals surface area contributed by atoms with Crippen molar-refractivity contribution in [2.45, 2.75) is 156 Å². The summed E-state index contributed by atoms with van der Waals surface area (Å²) in [6.07, 6.45) is 31.6. The van der Waals surface area contributed by atoms with Crippen molar-refractivity contribution in [2.75, 3.05) is 0 Å². The zero-order valence-corrected chi connectivity index (χ0v) is 24.3. The molecule has 0 radical (unpaired) electrons. The predicted molar refractivity (Wildman–Crippen MR) is 156 cm³/mol. The minimum atomic E-state index is -0.838. The number of carboxylic acid groups (broad SMARTS) is 2. The van der Waals surface area contributed by atoms with Crippen LogP contribution in [-0.2, 0) is 9.59 Å². The highest BCUT2D eigenvalue weighted by atomic mass is 16.4. The average molecular weight is 509 g/mol. The van der Waals surface area contributed by atoms with Crippen LogP contribution in [-0.4, -0.2) is 22.2 Å². The van der Waals surface area contributed by atoms with E-state index in [2.05, 4.69) is 27.7 Å². The van der Waals surface area contributed by atoms with Gasteiger partial charge in [0.25, 0.3) is 0 Å². The average Bonchev–Trinajstić information content (AvgIpc) is 2.80. The van der Waals surface area contributed by atoms with Crippen LogP contribution in [0.15, 0.2) is 24.3 Å². The van der Waals surface area contributed by atoms with Gasteiger partial charge in [-0.1, -0.05) is 143 Å². The van der Waals surface area contributed by atoms with Crippen LogP contribution in [0.25, 0.3) is 0 Å². The van der Waals surface area contributed by atoms with Crippen molar-refractivity contribution in [3.05, 3.63) is 24.3 Å². The molecule has 0 aromatic heterocycles. The molecule has 0 aliphatic heterocycles. The summed E-state index contributed by atoms with van der Waals surface area (Å²) in [6, 6.07) is 0. The molecular weight excluding hydrogens is 448 g/mol. The van der Waals surface area contributed by atoms with Crippen LogP contribution in [0.2, 0.25) is 0 Å². The number of carboxylic acids is 2. The van der Waals surface area contributed by atoms with Gasteiger partial charge in [-0.3, -0.25) is 0 Å². The summed E-state index contributed by atoms with van der Waals surface area (Å²) in [5.74, 6) is 0.0267. The Morgan fingerprint density at radius 1 is 0.472 bits per heavy atom. The van der Waals surface area contributed by atoms with E-state index in [0.29, 0.717) is 0 Å². The Balaban J connectivity index is 0. The molecule has 0 heterocycles. The lowest BCUT2D eigenvalue weighted by atomic mass is 10.0. The van der Waals surface area contributed by atoms with Crippen LogP contribution in [0.1, 0.15) is 156 Å². The number of hydrogen-bond acceptors (Lipinski definition) is 2. The molecule has 0 unspecified atom stereocenters. The summed E-state index contributed by atoms with van der Waals surface area (Å²) >= 11 is 0. The van der Waals surface area contributed by atoms with Crippen LogP contribution >= 0.6 is 0 Å². The van der Waals surface area contributed by atoms with Gasteiger partial charge in [-0.25, -0.2) is 9.59 Å². The van der Waals surface area contributed by atoms with E-state index in [1.807, 2.05) is 0 Å². The first-order chi connectivity index (χ1) is 17.3. The van der Waals surface area contributed by atoms with Crippen molar-refractivity contribution in [3.8, 4) is 0 Å². The van der Waals surface area contributed by atoms with Crippen molar-refractivity contribution in [2.24, 2.45) is 11.8 Å². The van der Waals surface area contributed by atoms with Crippen molar-refractivity contribution >= 4 is 11.9 Å². The molecule has 4 heteroatoms. The fourth-order valence-electron chi connectivity index (χ4n) is 4.12. The molecule has 212 valence electrons. The SMILES string of the molecule is CC(C)CCCCCCCCC/C=C/C(=O)O.CC(C)CCCCCCCCCCC/C=C/C(=O)O. The molecule has 0 spiro atoms. The molecule has 0 fully saturated rings. The number of aliphatic carboxylic acids is 2. The summed E-state index contributed by atoms with van der Waals surface area (Å²) in [6.45, 7) is 9.16. The Bertz CT molecular complexity index is 534. The van der Waals surface area contributed by atoms with Crippen LogP contribution in [0.5, 0.6) is 0 Å². The van der Waals surface area contributed by atoms with E-state index in [-0.39, 0.29) is 0 Å². The standard InChI is InChI=1S/C17H32O2.C15H28O2/c1-16(2)14-12-10-8-6-4-3-5-7-9-11-13-15-17(18)19;1-14(2)12-10-8-6-4-3-5-7-9-11-13-15(16)17/h13,15-16H,3-12,14H2,1-2H3,(H,18,19);11,13-14H,3-10,12H2,1-2H3,(H,16,17)/b15-13+;13-11+. The fraction of sp³-hybridized carbons (Fsp3) is 0.812. The monoisotopic (exact) mass is 508 g/mol. The van der Waals surface area contributed by atoms with Crippen LogP contribution in [0.4, 0.5) is 0 Å². The molecule has 0 bridgehead atoms. The molecule has 0 aromatic rings. The number of allylic oxidation sites excluding steroid dienone is 2. The molecule has 36 heavy (non-hydrogen) atoms. The summed E-state index contributed by atoms with van der Waals surface area (Å²) in [5.41, 5.74) is 0. The molecule has 0 atom stereocenters. The molecule has 0 rings (SSSR count). The zero-order chi connectivity index (χ0) is 27.3. The molecule has 2 N–H and O–H groups in total. The second-order valence-electron chi connectivity index (χ2n) is 11.1. The van der Waals surface area contributed by atoms with E-state index < -0.39 is 11.9 Å². The third kappa shape index (κ3) is 39.6. The van der Waals surface area contributed by atoms with Gasteiger partial charge in [0.2, 0.25) is 0 Å². The van der Waals surface area contributed by atoms with Gasteiger partial charge < -0.3 is 10.2 Å². The Labute approximate surface area is 224 Å². The Morgan fingerprint density at radius 3 is 0.972 bits per heavy atom. The molecule has 0 amide bonds. The van der Waals surface area contributed by atoms with E-state index in [4.69, 9.17) is 10.2 Å². The third-order valence-electron chi connectivity index (χ3n) is 6.33. The minimum absolute atomic E-state index is 0.836. The van der Waals surface area contributed by atoms with Gasteiger partial charge in [-0.15, -0.1) is 0 Å². The third-order valence-corrected chi connectivity index (χ3v) is 6.33. The molecule has 0 saturated carbocycles. The molecule has 4 nitrogen and oxygen atoms in total. The highest BCUT2D eigenvalue weighted by Crippen LogP contribution is 2.14. The minimum Gasteiger partial charge on any atom is -0.478 e. The molecule has 0 saturated heterocycles. The van der Waals surface area contributed by atoms with E-state index in [1.54, 1.807) is 12.2 Å². The first-order valence-corrected chi connectivity index (χ1v) is 15.0. The second-order valence-corrected chi connectivity index (χ2v) is 11.1. The summed E-state index contributed by atoms with van der Waals surface area (Å²) in [4.78, 5) is 20.4. The Morgan fingerprint density at radius 2 is 0.722 bits per heavy atom. The van der Waals surface area contributed by atoms with Crippen LogP contribution in [0, 0.1) is 11.8 Å². The summed E-state index contributed by atoms with van der Waals surface area (Å²) < 4.78 is 0. The summed E-state index contributed by atoms with van der Waals surface area (Å²) in [5, 5.41) is 16.8. The molecular formula is C32H60O4. The zero-order valence-electron chi connectivity index (χ0n) is 24.3. The van der Waals surface area contributed by atoms with Gasteiger partial charge in [-0.05, 0) is 37.5 Å². The number of carbonyl (C=O) groups is 2. The lowest BCUT2D eigenvalue weighted by Crippen LogP contribution is -1.87. The largest absolute Gasteiger partial charge is 0.478 e. The lowest BCUT2D eigenvalue weighted by Gasteiger charge is -2.04. The van der Waals surface area contributed by atoms with Gasteiger partial charge in [0.05, 0.1) is 0 Å². The van der Waals surface area contributed by atoms with E-state index >= 15 is 0 Å². The van der Waals surface area contributed by atoms with Crippen molar-refractivity contribution < 1.29 is 19.8 Å². The van der Waals surface area contributed by atoms with Gasteiger partial charge in [0.15, 0.2) is 0 Å². The maximum absolute atomic E-state index is 10.2. The number of hydrogen-bond donors (Lipinski definition) is 2. The van der Waals surface area contributed by atoms with E-state index in [0.717, 1.165) is 37.5 Å². The van der Waals surface area contributed by atoms with Gasteiger partial charge >= 0.3 is 11.9 Å². The van der Waals surface area contributed by atoms with Crippen molar-refractivity contribution in [1.82, 2.24) is 0 Å². The number of unbranched alkanes of at least 4 members (excludes halogenated alkanes) is 16. The molecule has 0 aliphatic rings. The van der Waals surface area contributed by atoms with E-state index in [1.165, 1.54) is 115 Å². The fourth-order valence-corrected chi connectivity index (χ4v) is 4.12. The van der Waals surface area contributed by atoms with Crippen LogP contribution < -0.4 is 0 Å². The maximum atomic E-state index is 10.2. The topological polar surface area (TPSA) is 74.6 Å².